The number of halogens is 7. The van der Waals surface area contributed by atoms with Crippen molar-refractivity contribution in [1.29, 1.82) is 0 Å². The molecule has 0 saturated carbocycles. The van der Waals surface area contributed by atoms with E-state index in [2.05, 4.69) is 0 Å². The van der Waals surface area contributed by atoms with Gasteiger partial charge in [0.2, 0.25) is 0 Å². The molecule has 0 heterocycles. The number of benzene rings is 1. The van der Waals surface area contributed by atoms with E-state index in [0.717, 1.165) is 0 Å². The van der Waals surface area contributed by atoms with E-state index in [4.69, 9.17) is 22.4 Å². The fourth-order valence-corrected chi connectivity index (χ4v) is 1.55. The molecule has 0 radical (unpaired) electrons. The Labute approximate surface area is 102 Å². The van der Waals surface area contributed by atoms with E-state index in [1.165, 1.54) is 0 Å². The van der Waals surface area contributed by atoms with Gasteiger partial charge in [0.1, 0.15) is 6.23 Å². The molecule has 0 aromatic heterocycles. The van der Waals surface area contributed by atoms with Crippen molar-refractivity contribution in [3.63, 3.8) is 0 Å². The summed E-state index contributed by atoms with van der Waals surface area (Å²) in [6, 6.07) is 0.560. The second kappa shape index (κ2) is 4.60. The number of hydrogen-bond donors (Lipinski definition) is 2. The van der Waals surface area contributed by atoms with Gasteiger partial charge in [0, 0.05) is 0 Å². The molecule has 0 saturated heterocycles. The second-order valence-electron chi connectivity index (χ2n) is 3.37. The van der Waals surface area contributed by atoms with Gasteiger partial charge in [0.25, 0.3) is 0 Å². The summed E-state index contributed by atoms with van der Waals surface area (Å²) in [4.78, 5) is 0. The van der Waals surface area contributed by atoms with Gasteiger partial charge in [-0.3, -0.25) is 0 Å². The summed E-state index contributed by atoms with van der Waals surface area (Å²) in [5.74, 6) is 0. The van der Waals surface area contributed by atoms with Crippen molar-refractivity contribution in [1.82, 2.24) is 0 Å². The van der Waals surface area contributed by atoms with Crippen molar-refractivity contribution in [2.24, 2.45) is 5.73 Å². The summed E-state index contributed by atoms with van der Waals surface area (Å²) in [5.41, 5.74) is 0.751. The number of alkyl halides is 6. The molecule has 0 aliphatic rings. The Morgan fingerprint density at radius 1 is 1.00 bits per heavy atom. The minimum absolute atomic E-state index is 0.280. The molecule has 1 unspecified atom stereocenters. The van der Waals surface area contributed by atoms with Crippen molar-refractivity contribution in [3.8, 4) is 0 Å². The molecule has 1 aromatic rings. The first-order valence-corrected chi connectivity index (χ1v) is 4.74. The van der Waals surface area contributed by atoms with Crippen LogP contribution >= 0.6 is 11.6 Å². The van der Waals surface area contributed by atoms with Crippen LogP contribution in [0.4, 0.5) is 26.3 Å². The number of hydrogen-bond acceptors (Lipinski definition) is 2. The molecule has 0 aliphatic heterocycles. The zero-order chi connectivity index (χ0) is 14.3. The van der Waals surface area contributed by atoms with Gasteiger partial charge in [-0.1, -0.05) is 11.6 Å². The van der Waals surface area contributed by atoms with Crippen LogP contribution in [0.5, 0.6) is 0 Å². The highest BCUT2D eigenvalue weighted by atomic mass is 35.5. The van der Waals surface area contributed by atoms with Crippen LogP contribution in [0.25, 0.3) is 0 Å². The lowest BCUT2D eigenvalue weighted by atomic mass is 10.0. The summed E-state index contributed by atoms with van der Waals surface area (Å²) in [6.07, 6.45) is -12.1. The third-order valence-electron chi connectivity index (χ3n) is 2.05. The quantitative estimate of drug-likeness (QED) is 0.616. The molecule has 1 rings (SSSR count). The van der Waals surface area contributed by atoms with Crippen LogP contribution < -0.4 is 5.73 Å². The Hall–Kier alpha value is -0.990. The summed E-state index contributed by atoms with van der Waals surface area (Å²) in [7, 11) is 0. The lowest BCUT2D eigenvalue weighted by Crippen LogP contribution is -2.17. The topological polar surface area (TPSA) is 46.2 Å². The average Bonchev–Trinajstić information content (AvgIpc) is 2.13. The zero-order valence-corrected chi connectivity index (χ0v) is 9.16. The van der Waals surface area contributed by atoms with Crippen LogP contribution in [-0.2, 0) is 12.4 Å². The summed E-state index contributed by atoms with van der Waals surface area (Å²) in [5, 5.41) is 7.42. The van der Waals surface area contributed by atoms with Crippen molar-refractivity contribution in [3.05, 3.63) is 33.8 Å². The molecular formula is C9H6ClF6NO. The molecule has 102 valence electrons. The van der Waals surface area contributed by atoms with Crippen LogP contribution in [0.1, 0.15) is 22.9 Å². The van der Waals surface area contributed by atoms with Gasteiger partial charge >= 0.3 is 12.4 Å². The Morgan fingerprint density at radius 2 is 1.33 bits per heavy atom. The van der Waals surface area contributed by atoms with Gasteiger partial charge in [0.05, 0.1) is 16.1 Å². The summed E-state index contributed by atoms with van der Waals surface area (Å²) in [6.45, 7) is 0. The highest BCUT2D eigenvalue weighted by Crippen LogP contribution is 2.43. The van der Waals surface area contributed by atoms with Crippen molar-refractivity contribution < 1.29 is 31.4 Å². The molecular weight excluding hydrogens is 288 g/mol. The van der Waals surface area contributed by atoms with E-state index >= 15 is 0 Å². The fraction of sp³-hybridized carbons (Fsp3) is 0.333. The number of nitrogens with two attached hydrogens (primary N) is 1. The van der Waals surface area contributed by atoms with Crippen LogP contribution in [0.15, 0.2) is 12.1 Å². The Morgan fingerprint density at radius 3 is 1.56 bits per heavy atom. The highest BCUT2D eigenvalue weighted by molar-refractivity contribution is 6.32. The molecule has 0 fully saturated rings. The van der Waals surface area contributed by atoms with Crippen molar-refractivity contribution in [2.75, 3.05) is 0 Å². The van der Waals surface area contributed by atoms with Crippen molar-refractivity contribution >= 4 is 11.6 Å². The lowest BCUT2D eigenvalue weighted by molar-refractivity contribution is -0.143. The molecule has 0 spiro atoms. The Balaban J connectivity index is 3.59. The van der Waals surface area contributed by atoms with Crippen molar-refractivity contribution in [2.45, 2.75) is 18.6 Å². The third-order valence-corrected chi connectivity index (χ3v) is 2.45. The first kappa shape index (κ1) is 15.1. The lowest BCUT2D eigenvalue weighted by Gasteiger charge is -2.17. The van der Waals surface area contributed by atoms with Gasteiger partial charge in [-0.2, -0.15) is 26.3 Å². The fourth-order valence-electron chi connectivity index (χ4n) is 1.23. The monoisotopic (exact) mass is 293 g/mol. The van der Waals surface area contributed by atoms with Gasteiger partial charge in [0.15, 0.2) is 0 Å². The predicted molar refractivity (Wildman–Crippen MR) is 50.6 cm³/mol. The maximum absolute atomic E-state index is 12.5. The maximum atomic E-state index is 12.5. The molecule has 2 nitrogen and oxygen atoms in total. The van der Waals surface area contributed by atoms with E-state index in [9.17, 15) is 26.3 Å². The molecule has 18 heavy (non-hydrogen) atoms. The van der Waals surface area contributed by atoms with Crippen LogP contribution in [0.2, 0.25) is 5.02 Å². The standard InChI is InChI=1S/C9H6ClF6NO/c10-6-4(8(11,12)13)1-3(7(17)18)2-5(6)9(14,15)16/h1-2,7,18H,17H2. The largest absolute Gasteiger partial charge is 0.417 e. The number of aliphatic hydroxyl groups is 1. The third kappa shape index (κ3) is 3.06. The van der Waals surface area contributed by atoms with E-state index in [1.807, 2.05) is 0 Å². The minimum atomic E-state index is -5.08. The average molecular weight is 294 g/mol. The molecule has 3 N–H and O–H groups in total. The number of aliphatic hydroxyl groups excluding tert-OH is 1. The van der Waals surface area contributed by atoms with Gasteiger partial charge in [-0.25, -0.2) is 0 Å². The van der Waals surface area contributed by atoms with Crippen LogP contribution in [-0.4, -0.2) is 5.11 Å². The van der Waals surface area contributed by atoms with Gasteiger partial charge in [-0.15, -0.1) is 0 Å². The molecule has 0 amide bonds. The molecule has 0 bridgehead atoms. The molecule has 1 atom stereocenters. The summed E-state index contributed by atoms with van der Waals surface area (Å²) < 4.78 is 74.9. The van der Waals surface area contributed by atoms with Crippen LogP contribution in [0, 0.1) is 0 Å². The van der Waals surface area contributed by atoms with E-state index in [1.54, 1.807) is 0 Å². The molecule has 9 heteroatoms. The Kier molecular flexibility index (Phi) is 3.85. The highest BCUT2D eigenvalue weighted by Gasteiger charge is 2.41. The first-order chi connectivity index (χ1) is 7.94. The first-order valence-electron chi connectivity index (χ1n) is 4.36. The van der Waals surface area contributed by atoms with E-state index in [-0.39, 0.29) is 12.1 Å². The summed E-state index contributed by atoms with van der Waals surface area (Å²) >= 11 is 5.09. The van der Waals surface area contributed by atoms with Gasteiger partial charge < -0.3 is 10.8 Å². The minimum Gasteiger partial charge on any atom is -0.375 e. The normalized spacial score (nSPS) is 14.7. The SMILES string of the molecule is NC(O)c1cc(C(F)(F)F)c(Cl)c(C(F)(F)F)c1. The smallest absolute Gasteiger partial charge is 0.375 e. The van der Waals surface area contributed by atoms with E-state index < -0.39 is 40.3 Å². The van der Waals surface area contributed by atoms with E-state index in [0.29, 0.717) is 0 Å². The zero-order valence-electron chi connectivity index (χ0n) is 8.40. The Bertz CT molecular complexity index is 418. The van der Waals surface area contributed by atoms with Gasteiger partial charge in [-0.05, 0) is 17.7 Å². The maximum Gasteiger partial charge on any atom is 0.417 e. The van der Waals surface area contributed by atoms with Crippen LogP contribution in [0.3, 0.4) is 0 Å². The second-order valence-corrected chi connectivity index (χ2v) is 3.75. The number of rotatable bonds is 1. The molecule has 0 aliphatic carbocycles. The molecule has 1 aromatic carbocycles. The predicted octanol–water partition coefficient (Wildman–Crippen LogP) is 3.33.